The van der Waals surface area contributed by atoms with E-state index in [0.717, 1.165) is 11.5 Å². The molecule has 0 spiro atoms. The molecule has 3 N–H and O–H groups in total. The minimum atomic E-state index is 0.0305. The van der Waals surface area contributed by atoms with Crippen molar-refractivity contribution in [3.05, 3.63) is 29.3 Å². The summed E-state index contributed by atoms with van der Waals surface area (Å²) in [6.45, 7) is 1.94. The Labute approximate surface area is 95.0 Å². The first-order chi connectivity index (χ1) is 7.58. The fraction of sp³-hybridized carbons (Fsp3) is 0.462. The smallest absolute Gasteiger partial charge is 0.252 e. The Bertz CT molecular complexity index is 450. The second kappa shape index (κ2) is 3.00. The van der Waals surface area contributed by atoms with Gasteiger partial charge in [-0.3, -0.25) is 4.79 Å². The van der Waals surface area contributed by atoms with Gasteiger partial charge in [0.25, 0.3) is 5.91 Å². The first kappa shape index (κ1) is 9.70. The highest BCUT2D eigenvalue weighted by Gasteiger charge is 2.57. The molecule has 0 heterocycles. The van der Waals surface area contributed by atoms with Crippen LogP contribution in [0.2, 0.25) is 0 Å². The van der Waals surface area contributed by atoms with Gasteiger partial charge in [0.05, 0.1) is 0 Å². The van der Waals surface area contributed by atoms with E-state index in [9.17, 15) is 4.79 Å². The van der Waals surface area contributed by atoms with Gasteiger partial charge < -0.3 is 11.1 Å². The molecule has 2 bridgehead atoms. The van der Waals surface area contributed by atoms with Crippen molar-refractivity contribution in [3.8, 4) is 0 Å². The minimum absolute atomic E-state index is 0.0305. The summed E-state index contributed by atoms with van der Waals surface area (Å²) in [5, 5.41) is 3.15. The van der Waals surface area contributed by atoms with Gasteiger partial charge in [-0.2, -0.15) is 0 Å². The van der Waals surface area contributed by atoms with Crippen LogP contribution in [0.25, 0.3) is 0 Å². The van der Waals surface area contributed by atoms with Crippen molar-refractivity contribution in [1.82, 2.24) is 5.32 Å². The van der Waals surface area contributed by atoms with Crippen molar-refractivity contribution in [1.29, 1.82) is 0 Å². The highest BCUT2D eigenvalue weighted by atomic mass is 16.1. The fourth-order valence-corrected chi connectivity index (χ4v) is 2.82. The lowest BCUT2D eigenvalue weighted by molar-refractivity contribution is -0.0438. The van der Waals surface area contributed by atoms with Crippen LogP contribution in [0.5, 0.6) is 0 Å². The number of rotatable bonds is 2. The molecule has 0 unspecified atom stereocenters. The molecule has 0 radical (unpaired) electrons. The lowest BCUT2D eigenvalue weighted by Crippen LogP contribution is -2.68. The first-order valence-corrected chi connectivity index (χ1v) is 5.77. The molecule has 3 aliphatic carbocycles. The number of nitrogens with one attached hydrogen (secondary N) is 1. The van der Waals surface area contributed by atoms with Gasteiger partial charge in [0.1, 0.15) is 0 Å². The Balaban J connectivity index is 1.80. The Hall–Kier alpha value is -1.51. The summed E-state index contributed by atoms with van der Waals surface area (Å²) < 4.78 is 0. The van der Waals surface area contributed by atoms with Gasteiger partial charge in [0.15, 0.2) is 0 Å². The van der Waals surface area contributed by atoms with E-state index in [-0.39, 0.29) is 11.4 Å². The van der Waals surface area contributed by atoms with Crippen LogP contribution in [0.1, 0.15) is 35.2 Å². The highest BCUT2D eigenvalue weighted by Crippen LogP contribution is 2.57. The molecule has 0 saturated heterocycles. The lowest BCUT2D eigenvalue weighted by atomic mass is 9.50. The zero-order valence-corrected chi connectivity index (χ0v) is 9.42. The van der Waals surface area contributed by atoms with Crippen LogP contribution >= 0.6 is 0 Å². The number of amides is 1. The van der Waals surface area contributed by atoms with E-state index in [1.807, 2.05) is 19.1 Å². The molecule has 1 aromatic carbocycles. The third-order valence-electron chi connectivity index (χ3n) is 3.92. The van der Waals surface area contributed by atoms with Gasteiger partial charge in [0.2, 0.25) is 0 Å². The normalized spacial score (nSPS) is 30.2. The van der Waals surface area contributed by atoms with E-state index in [1.165, 1.54) is 19.3 Å². The van der Waals surface area contributed by atoms with E-state index < -0.39 is 0 Å². The van der Waals surface area contributed by atoms with E-state index in [0.29, 0.717) is 11.3 Å². The van der Waals surface area contributed by atoms with E-state index in [4.69, 9.17) is 5.73 Å². The van der Waals surface area contributed by atoms with Crippen molar-refractivity contribution in [3.63, 3.8) is 0 Å². The summed E-state index contributed by atoms with van der Waals surface area (Å²) in [6, 6.07) is 5.48. The second-order valence-corrected chi connectivity index (χ2v) is 5.29. The van der Waals surface area contributed by atoms with Crippen molar-refractivity contribution >= 4 is 11.6 Å². The average molecular weight is 216 g/mol. The van der Waals surface area contributed by atoms with Gasteiger partial charge in [-0.05, 0) is 49.8 Å². The molecular weight excluding hydrogens is 200 g/mol. The summed E-state index contributed by atoms with van der Waals surface area (Å²) in [5.41, 5.74) is 8.19. The van der Waals surface area contributed by atoms with Gasteiger partial charge in [0, 0.05) is 16.8 Å². The van der Waals surface area contributed by atoms with Gasteiger partial charge in [-0.25, -0.2) is 0 Å². The van der Waals surface area contributed by atoms with Crippen LogP contribution in [0, 0.1) is 12.8 Å². The monoisotopic (exact) mass is 216 g/mol. The Morgan fingerprint density at radius 1 is 1.44 bits per heavy atom. The number of nitrogens with two attached hydrogens (primary N) is 1. The molecule has 3 nitrogen and oxygen atoms in total. The molecule has 3 heteroatoms. The van der Waals surface area contributed by atoms with Crippen molar-refractivity contribution in [2.45, 2.75) is 31.7 Å². The quantitative estimate of drug-likeness (QED) is 0.741. The summed E-state index contributed by atoms with van der Waals surface area (Å²) in [6.07, 6.45) is 3.50. The van der Waals surface area contributed by atoms with Crippen LogP contribution in [0.4, 0.5) is 5.69 Å². The van der Waals surface area contributed by atoms with Gasteiger partial charge in [-0.15, -0.1) is 0 Å². The highest BCUT2D eigenvalue weighted by molar-refractivity contribution is 5.97. The van der Waals surface area contributed by atoms with Crippen LogP contribution in [-0.4, -0.2) is 11.4 Å². The lowest BCUT2D eigenvalue weighted by Gasteiger charge is -2.61. The molecule has 3 aliphatic rings. The van der Waals surface area contributed by atoms with Crippen LogP contribution in [-0.2, 0) is 0 Å². The average Bonchev–Trinajstić information content (AvgIpc) is 2.13. The van der Waals surface area contributed by atoms with Crippen LogP contribution < -0.4 is 11.1 Å². The summed E-state index contributed by atoms with van der Waals surface area (Å²) in [7, 11) is 0. The summed E-state index contributed by atoms with van der Waals surface area (Å²) in [5.74, 6) is 0.908. The Morgan fingerprint density at radius 3 is 2.69 bits per heavy atom. The zero-order valence-electron chi connectivity index (χ0n) is 9.42. The Kier molecular flexibility index (Phi) is 1.82. The SMILES string of the molecule is Cc1ccc(N)cc1C(=O)NC12CC(C1)C2. The standard InChI is InChI=1S/C13H16N2O/c1-8-2-3-10(14)4-11(8)12(16)15-13-5-9(6-13)7-13/h2-4,9H,5-7,14H2,1H3,(H,15,16). The number of aryl methyl sites for hydroxylation is 1. The number of nitrogen functional groups attached to an aromatic ring is 1. The minimum Gasteiger partial charge on any atom is -0.399 e. The molecule has 4 rings (SSSR count). The van der Waals surface area contributed by atoms with Gasteiger partial charge >= 0.3 is 0 Å². The molecule has 0 aromatic heterocycles. The molecule has 1 aromatic rings. The maximum atomic E-state index is 12.1. The van der Waals surface area contributed by atoms with E-state index >= 15 is 0 Å². The molecule has 84 valence electrons. The topological polar surface area (TPSA) is 55.1 Å². The van der Waals surface area contributed by atoms with Crippen molar-refractivity contribution in [2.75, 3.05) is 5.73 Å². The maximum absolute atomic E-state index is 12.1. The van der Waals surface area contributed by atoms with Crippen LogP contribution in [0.3, 0.4) is 0 Å². The second-order valence-electron chi connectivity index (χ2n) is 5.29. The largest absolute Gasteiger partial charge is 0.399 e. The first-order valence-electron chi connectivity index (χ1n) is 5.77. The summed E-state index contributed by atoms with van der Waals surface area (Å²) in [4.78, 5) is 12.1. The zero-order chi connectivity index (χ0) is 11.3. The maximum Gasteiger partial charge on any atom is 0.252 e. The molecule has 0 atom stereocenters. The molecule has 3 fully saturated rings. The third-order valence-corrected chi connectivity index (χ3v) is 3.92. The number of benzene rings is 1. The number of carbonyl (C=O) groups is 1. The molecular formula is C13H16N2O. The third kappa shape index (κ3) is 1.31. The molecule has 1 amide bonds. The Morgan fingerprint density at radius 2 is 2.12 bits per heavy atom. The number of hydrogen-bond acceptors (Lipinski definition) is 2. The molecule has 3 saturated carbocycles. The van der Waals surface area contributed by atoms with E-state index in [2.05, 4.69) is 5.32 Å². The molecule has 0 aliphatic heterocycles. The number of hydrogen-bond donors (Lipinski definition) is 2. The fourth-order valence-electron chi connectivity index (χ4n) is 2.82. The van der Waals surface area contributed by atoms with Crippen LogP contribution in [0.15, 0.2) is 18.2 Å². The van der Waals surface area contributed by atoms with E-state index in [1.54, 1.807) is 6.07 Å². The molecule has 16 heavy (non-hydrogen) atoms. The number of anilines is 1. The van der Waals surface area contributed by atoms with Crippen molar-refractivity contribution < 1.29 is 4.79 Å². The van der Waals surface area contributed by atoms with Gasteiger partial charge in [-0.1, -0.05) is 6.07 Å². The predicted molar refractivity (Wildman–Crippen MR) is 63.1 cm³/mol. The number of carbonyl (C=O) groups excluding carboxylic acids is 1. The summed E-state index contributed by atoms with van der Waals surface area (Å²) >= 11 is 0. The predicted octanol–water partition coefficient (Wildman–Crippen LogP) is 1.86. The van der Waals surface area contributed by atoms with Crippen molar-refractivity contribution in [2.24, 2.45) is 5.92 Å².